The standard InChI is InChI=1S/C19H17ClFN5O2S/c1-26-18(27)15(29-14-4-6-23-17(22)16(14)20)9-25-19(26)24-8-11-10-5-7-28-13(10)3-2-12(11)21/h2-4,6,9H,5,7-8H2,1H3,(H2,22,23)(H,24,25). The van der Waals surface area contributed by atoms with E-state index in [1.165, 1.54) is 23.0 Å². The molecule has 1 aromatic carbocycles. The van der Waals surface area contributed by atoms with Gasteiger partial charge < -0.3 is 15.8 Å². The lowest BCUT2D eigenvalue weighted by atomic mass is 10.0. The fourth-order valence-electron chi connectivity index (χ4n) is 3.07. The molecule has 0 amide bonds. The number of nitrogens with one attached hydrogen (secondary N) is 1. The second kappa shape index (κ2) is 7.92. The van der Waals surface area contributed by atoms with Gasteiger partial charge in [0.2, 0.25) is 5.95 Å². The fourth-order valence-corrected chi connectivity index (χ4v) is 4.19. The molecule has 7 nitrogen and oxygen atoms in total. The summed E-state index contributed by atoms with van der Waals surface area (Å²) in [7, 11) is 1.60. The number of nitrogens with zero attached hydrogens (tertiary/aromatic N) is 3. The monoisotopic (exact) mass is 433 g/mol. The number of nitrogens with two attached hydrogens (primary N) is 1. The maximum absolute atomic E-state index is 14.3. The number of aromatic nitrogens is 3. The van der Waals surface area contributed by atoms with Crippen molar-refractivity contribution in [1.29, 1.82) is 0 Å². The van der Waals surface area contributed by atoms with Crippen molar-refractivity contribution in [3.05, 3.63) is 62.9 Å². The first kappa shape index (κ1) is 19.5. The summed E-state index contributed by atoms with van der Waals surface area (Å²) in [6.45, 7) is 0.731. The highest BCUT2D eigenvalue weighted by Crippen LogP contribution is 2.34. The molecule has 0 saturated carbocycles. The van der Waals surface area contributed by atoms with Crippen molar-refractivity contribution in [1.82, 2.24) is 14.5 Å². The molecular weight excluding hydrogens is 417 g/mol. The van der Waals surface area contributed by atoms with Crippen molar-refractivity contribution in [3.63, 3.8) is 0 Å². The Morgan fingerprint density at radius 3 is 3.00 bits per heavy atom. The highest BCUT2D eigenvalue weighted by molar-refractivity contribution is 7.99. The van der Waals surface area contributed by atoms with Gasteiger partial charge in [0.25, 0.3) is 5.56 Å². The van der Waals surface area contributed by atoms with E-state index in [1.54, 1.807) is 19.2 Å². The van der Waals surface area contributed by atoms with Crippen LogP contribution in [0.3, 0.4) is 0 Å². The summed E-state index contributed by atoms with van der Waals surface area (Å²) in [6.07, 6.45) is 3.63. The number of hydrogen-bond donors (Lipinski definition) is 2. The van der Waals surface area contributed by atoms with Gasteiger partial charge in [0.15, 0.2) is 0 Å². The van der Waals surface area contributed by atoms with Crippen LogP contribution in [0.25, 0.3) is 0 Å². The average Bonchev–Trinajstić information content (AvgIpc) is 3.18. The summed E-state index contributed by atoms with van der Waals surface area (Å²) in [5.41, 5.74) is 6.81. The molecule has 0 aliphatic carbocycles. The second-order valence-corrected chi connectivity index (χ2v) is 7.84. The Hall–Kier alpha value is -2.78. The van der Waals surface area contributed by atoms with Crippen LogP contribution in [-0.2, 0) is 20.0 Å². The molecule has 0 radical (unpaired) electrons. The second-order valence-electron chi connectivity index (χ2n) is 6.38. The Labute approximate surface area is 175 Å². The van der Waals surface area contributed by atoms with Crippen LogP contribution in [-0.4, -0.2) is 21.1 Å². The van der Waals surface area contributed by atoms with E-state index >= 15 is 0 Å². The Balaban J connectivity index is 1.56. The Bertz CT molecular complexity index is 1150. The van der Waals surface area contributed by atoms with Crippen LogP contribution in [0.15, 0.2) is 45.2 Å². The number of anilines is 2. The third-order valence-electron chi connectivity index (χ3n) is 4.60. The first-order valence-corrected chi connectivity index (χ1v) is 9.96. The van der Waals surface area contributed by atoms with Crippen molar-refractivity contribution in [2.45, 2.75) is 22.8 Å². The Morgan fingerprint density at radius 1 is 1.34 bits per heavy atom. The van der Waals surface area contributed by atoms with E-state index in [2.05, 4.69) is 15.3 Å². The molecule has 150 valence electrons. The number of halogens is 2. The molecule has 4 rings (SSSR count). The predicted octanol–water partition coefficient (Wildman–Crippen LogP) is 3.25. The van der Waals surface area contributed by atoms with Gasteiger partial charge in [-0.15, -0.1) is 0 Å². The summed E-state index contributed by atoms with van der Waals surface area (Å²) in [5, 5.41) is 3.33. The molecule has 2 aromatic heterocycles. The van der Waals surface area contributed by atoms with Crippen LogP contribution >= 0.6 is 23.4 Å². The average molecular weight is 434 g/mol. The first-order valence-electron chi connectivity index (χ1n) is 8.76. The first-order chi connectivity index (χ1) is 14.0. The molecule has 10 heteroatoms. The van der Waals surface area contributed by atoms with Gasteiger partial charge in [0.1, 0.15) is 17.4 Å². The normalized spacial score (nSPS) is 12.5. The van der Waals surface area contributed by atoms with Crippen molar-refractivity contribution in [3.8, 4) is 5.75 Å². The van der Waals surface area contributed by atoms with E-state index in [0.29, 0.717) is 40.1 Å². The van der Waals surface area contributed by atoms with Crippen LogP contribution in [0, 0.1) is 5.82 Å². The van der Waals surface area contributed by atoms with Gasteiger partial charge in [-0.25, -0.2) is 14.4 Å². The lowest BCUT2D eigenvalue weighted by molar-refractivity contribution is 0.356. The Morgan fingerprint density at radius 2 is 2.17 bits per heavy atom. The van der Waals surface area contributed by atoms with E-state index in [4.69, 9.17) is 22.1 Å². The van der Waals surface area contributed by atoms with Crippen molar-refractivity contribution in [2.75, 3.05) is 17.7 Å². The quantitative estimate of drug-likeness (QED) is 0.637. The van der Waals surface area contributed by atoms with Crippen molar-refractivity contribution >= 4 is 35.1 Å². The van der Waals surface area contributed by atoms with Gasteiger partial charge in [0.05, 0.1) is 22.7 Å². The van der Waals surface area contributed by atoms with Crippen LogP contribution in [0.2, 0.25) is 5.02 Å². The molecule has 0 saturated heterocycles. The van der Waals surface area contributed by atoms with E-state index in [0.717, 1.165) is 17.3 Å². The molecule has 3 aromatic rings. The molecular formula is C19H17ClFN5O2S. The molecule has 29 heavy (non-hydrogen) atoms. The summed E-state index contributed by atoms with van der Waals surface area (Å²) < 4.78 is 21.1. The summed E-state index contributed by atoms with van der Waals surface area (Å²) >= 11 is 7.31. The van der Waals surface area contributed by atoms with Gasteiger partial charge in [0, 0.05) is 42.2 Å². The van der Waals surface area contributed by atoms with Gasteiger partial charge in [-0.2, -0.15) is 0 Å². The number of benzene rings is 1. The zero-order valence-corrected chi connectivity index (χ0v) is 17.0. The van der Waals surface area contributed by atoms with Crippen LogP contribution < -0.4 is 21.3 Å². The van der Waals surface area contributed by atoms with Crippen molar-refractivity contribution in [2.24, 2.45) is 7.05 Å². The molecule has 1 aliphatic rings. The zero-order valence-electron chi connectivity index (χ0n) is 15.4. The van der Waals surface area contributed by atoms with Crippen molar-refractivity contribution < 1.29 is 9.13 Å². The maximum atomic E-state index is 14.3. The minimum absolute atomic E-state index is 0.192. The molecule has 0 atom stereocenters. The number of fused-ring (bicyclic) bond motifs is 1. The van der Waals surface area contributed by atoms with Crippen LogP contribution in [0.4, 0.5) is 16.2 Å². The highest BCUT2D eigenvalue weighted by Gasteiger charge is 2.20. The fraction of sp³-hybridized carbons (Fsp3) is 0.211. The van der Waals surface area contributed by atoms with Gasteiger partial charge >= 0.3 is 0 Å². The number of rotatable bonds is 5. The number of hydrogen-bond acceptors (Lipinski definition) is 7. The number of nitrogen functional groups attached to an aromatic ring is 1. The molecule has 0 unspecified atom stereocenters. The molecule has 3 N–H and O–H groups in total. The molecule has 0 fully saturated rings. The van der Waals surface area contributed by atoms with Gasteiger partial charge in [-0.3, -0.25) is 9.36 Å². The van der Waals surface area contributed by atoms with E-state index < -0.39 is 0 Å². The van der Waals surface area contributed by atoms with Crippen LogP contribution in [0.1, 0.15) is 11.1 Å². The predicted molar refractivity (Wildman–Crippen MR) is 110 cm³/mol. The Kier molecular flexibility index (Phi) is 5.33. The topological polar surface area (TPSA) is 95.1 Å². The summed E-state index contributed by atoms with van der Waals surface area (Å²) in [4.78, 5) is 21.9. The summed E-state index contributed by atoms with van der Waals surface area (Å²) in [5.74, 6) is 0.908. The molecule has 3 heterocycles. The third kappa shape index (κ3) is 3.75. The molecule has 0 spiro atoms. The third-order valence-corrected chi connectivity index (χ3v) is 6.17. The minimum Gasteiger partial charge on any atom is -0.493 e. The molecule has 1 aliphatic heterocycles. The highest BCUT2D eigenvalue weighted by atomic mass is 35.5. The minimum atomic E-state index is -0.316. The molecule has 0 bridgehead atoms. The smallest absolute Gasteiger partial charge is 0.268 e. The lowest BCUT2D eigenvalue weighted by Crippen LogP contribution is -2.23. The zero-order chi connectivity index (χ0) is 20.5. The van der Waals surface area contributed by atoms with E-state index in [1.807, 2.05) is 0 Å². The van der Waals surface area contributed by atoms with E-state index in [9.17, 15) is 9.18 Å². The lowest BCUT2D eigenvalue weighted by Gasteiger charge is -2.13. The maximum Gasteiger partial charge on any atom is 0.268 e. The van der Waals surface area contributed by atoms with Gasteiger partial charge in [-0.1, -0.05) is 23.4 Å². The number of pyridine rings is 1. The van der Waals surface area contributed by atoms with E-state index in [-0.39, 0.29) is 28.8 Å². The largest absolute Gasteiger partial charge is 0.493 e. The SMILES string of the molecule is Cn1c(NCc2c(F)ccc3c2CCO3)ncc(Sc2ccnc(N)c2Cl)c1=O. The van der Waals surface area contributed by atoms with Crippen LogP contribution in [0.5, 0.6) is 5.75 Å². The van der Waals surface area contributed by atoms with Gasteiger partial charge in [-0.05, 0) is 18.2 Å². The number of ether oxygens (including phenoxy) is 1. The summed E-state index contributed by atoms with van der Waals surface area (Å²) in [6, 6.07) is 4.70.